The van der Waals surface area contributed by atoms with Crippen molar-refractivity contribution in [3.8, 4) is 0 Å². The molecule has 2 rings (SSSR count). The average Bonchev–Trinajstić information content (AvgIpc) is 2.88. The molecule has 0 saturated carbocycles. The number of thiocarbonyl (C=S) groups is 1. The molecule has 19 heavy (non-hydrogen) atoms. The van der Waals surface area contributed by atoms with Crippen molar-refractivity contribution < 1.29 is 0 Å². The standard InChI is InChI=1S/C13H23N5S/c1-9(8-18-6-4-5-7-18)15-13-11(12(14)19)10(2)16-17(13)3/h9,15H,4-8H2,1-3H3,(H2,14,19). The summed E-state index contributed by atoms with van der Waals surface area (Å²) in [4.78, 5) is 2.89. The second-order valence-corrected chi connectivity index (χ2v) is 5.79. The molecular weight excluding hydrogens is 258 g/mol. The van der Waals surface area contributed by atoms with Crippen molar-refractivity contribution in [2.75, 3.05) is 25.0 Å². The van der Waals surface area contributed by atoms with Gasteiger partial charge in [0.05, 0.1) is 11.3 Å². The number of nitrogens with one attached hydrogen (secondary N) is 1. The number of aryl methyl sites for hydroxylation is 2. The lowest BCUT2D eigenvalue weighted by atomic mass is 10.2. The first kappa shape index (κ1) is 14.3. The molecule has 3 N–H and O–H groups in total. The molecule has 1 aliphatic heterocycles. The van der Waals surface area contributed by atoms with Crippen LogP contribution in [0.1, 0.15) is 31.0 Å². The van der Waals surface area contributed by atoms with Crippen LogP contribution in [0.25, 0.3) is 0 Å². The number of anilines is 1. The van der Waals surface area contributed by atoms with Gasteiger partial charge < -0.3 is 16.0 Å². The van der Waals surface area contributed by atoms with E-state index in [4.69, 9.17) is 18.0 Å². The van der Waals surface area contributed by atoms with Crippen LogP contribution in [0.2, 0.25) is 0 Å². The summed E-state index contributed by atoms with van der Waals surface area (Å²) in [5.74, 6) is 0.927. The number of nitrogens with zero attached hydrogens (tertiary/aromatic N) is 3. The van der Waals surface area contributed by atoms with Crippen molar-refractivity contribution >= 4 is 23.0 Å². The highest BCUT2D eigenvalue weighted by atomic mass is 32.1. The van der Waals surface area contributed by atoms with Gasteiger partial charge in [0, 0.05) is 19.6 Å². The van der Waals surface area contributed by atoms with E-state index in [0.717, 1.165) is 23.6 Å². The lowest BCUT2D eigenvalue weighted by Crippen LogP contribution is -2.34. The van der Waals surface area contributed by atoms with Crippen LogP contribution in [-0.2, 0) is 7.05 Å². The highest BCUT2D eigenvalue weighted by Crippen LogP contribution is 2.20. The molecular formula is C13H23N5S. The maximum atomic E-state index is 5.80. The second-order valence-electron chi connectivity index (χ2n) is 5.35. The van der Waals surface area contributed by atoms with Crippen LogP contribution in [-0.4, -0.2) is 45.3 Å². The Morgan fingerprint density at radius 1 is 1.47 bits per heavy atom. The van der Waals surface area contributed by atoms with E-state index >= 15 is 0 Å². The molecule has 1 atom stereocenters. The van der Waals surface area contributed by atoms with Gasteiger partial charge in [0.25, 0.3) is 0 Å². The molecule has 1 unspecified atom stereocenters. The van der Waals surface area contributed by atoms with Crippen molar-refractivity contribution in [3.63, 3.8) is 0 Å². The maximum Gasteiger partial charge on any atom is 0.134 e. The lowest BCUT2D eigenvalue weighted by molar-refractivity contribution is 0.327. The Labute approximate surface area is 120 Å². The molecule has 1 aliphatic rings. The Balaban J connectivity index is 2.07. The number of likely N-dealkylation sites (tertiary alicyclic amines) is 1. The fourth-order valence-electron chi connectivity index (χ4n) is 2.75. The summed E-state index contributed by atoms with van der Waals surface area (Å²) in [7, 11) is 1.92. The number of hydrogen-bond donors (Lipinski definition) is 2. The molecule has 1 aromatic heterocycles. The molecule has 0 bridgehead atoms. The monoisotopic (exact) mass is 281 g/mol. The molecule has 1 saturated heterocycles. The van der Waals surface area contributed by atoms with Gasteiger partial charge in [-0.15, -0.1) is 0 Å². The first-order chi connectivity index (χ1) is 8.99. The molecule has 0 spiro atoms. The number of nitrogens with two attached hydrogens (primary N) is 1. The zero-order valence-corrected chi connectivity index (χ0v) is 12.8. The quantitative estimate of drug-likeness (QED) is 0.796. The van der Waals surface area contributed by atoms with E-state index in [1.165, 1.54) is 25.9 Å². The highest BCUT2D eigenvalue weighted by molar-refractivity contribution is 7.80. The zero-order chi connectivity index (χ0) is 14.0. The topological polar surface area (TPSA) is 59.1 Å². The fraction of sp³-hybridized carbons (Fsp3) is 0.692. The molecule has 0 radical (unpaired) electrons. The Kier molecular flexibility index (Phi) is 4.42. The summed E-state index contributed by atoms with van der Waals surface area (Å²) < 4.78 is 1.82. The van der Waals surface area contributed by atoms with Crippen molar-refractivity contribution in [1.29, 1.82) is 0 Å². The normalized spacial score (nSPS) is 17.6. The lowest BCUT2D eigenvalue weighted by Gasteiger charge is -2.22. The molecule has 6 heteroatoms. The smallest absolute Gasteiger partial charge is 0.134 e. The van der Waals surface area contributed by atoms with Gasteiger partial charge in [-0.25, -0.2) is 0 Å². The van der Waals surface area contributed by atoms with Crippen LogP contribution in [0.5, 0.6) is 0 Å². The van der Waals surface area contributed by atoms with E-state index < -0.39 is 0 Å². The van der Waals surface area contributed by atoms with E-state index in [1.54, 1.807) is 0 Å². The first-order valence-electron chi connectivity index (χ1n) is 6.81. The third-order valence-electron chi connectivity index (χ3n) is 3.58. The van der Waals surface area contributed by atoms with E-state index in [1.807, 2.05) is 18.7 Å². The predicted molar refractivity (Wildman–Crippen MR) is 82.6 cm³/mol. The van der Waals surface area contributed by atoms with Crippen molar-refractivity contribution in [2.24, 2.45) is 12.8 Å². The summed E-state index contributed by atoms with van der Waals surface area (Å²) >= 11 is 5.12. The molecule has 2 heterocycles. The van der Waals surface area contributed by atoms with Crippen molar-refractivity contribution in [1.82, 2.24) is 14.7 Å². The fourth-order valence-corrected chi connectivity index (χ4v) is 2.99. The van der Waals surface area contributed by atoms with Crippen LogP contribution >= 0.6 is 12.2 Å². The van der Waals surface area contributed by atoms with Gasteiger partial charge in [-0.05, 0) is 39.8 Å². The number of aromatic nitrogens is 2. The van der Waals surface area contributed by atoms with Gasteiger partial charge in [0.2, 0.25) is 0 Å². The Morgan fingerprint density at radius 3 is 2.68 bits per heavy atom. The first-order valence-corrected chi connectivity index (χ1v) is 7.22. The molecule has 0 amide bonds. The van der Waals surface area contributed by atoms with Gasteiger partial charge in [-0.1, -0.05) is 12.2 Å². The van der Waals surface area contributed by atoms with Gasteiger partial charge in [-0.3, -0.25) is 4.68 Å². The van der Waals surface area contributed by atoms with E-state index in [2.05, 4.69) is 22.2 Å². The minimum absolute atomic E-state index is 0.348. The Morgan fingerprint density at radius 2 is 2.11 bits per heavy atom. The minimum atomic E-state index is 0.348. The van der Waals surface area contributed by atoms with E-state index in [0.29, 0.717) is 11.0 Å². The Bertz CT molecular complexity index is 462. The summed E-state index contributed by atoms with van der Waals surface area (Å²) in [5, 5.41) is 7.89. The molecule has 1 fully saturated rings. The minimum Gasteiger partial charge on any atom is -0.389 e. The van der Waals surface area contributed by atoms with E-state index in [-0.39, 0.29) is 0 Å². The molecule has 1 aromatic rings. The largest absolute Gasteiger partial charge is 0.389 e. The summed E-state index contributed by atoms with van der Waals surface area (Å²) in [6.45, 7) is 7.58. The third kappa shape index (κ3) is 3.25. The van der Waals surface area contributed by atoms with Crippen LogP contribution in [0.4, 0.5) is 5.82 Å². The van der Waals surface area contributed by atoms with Gasteiger partial charge in [0.15, 0.2) is 0 Å². The van der Waals surface area contributed by atoms with Crippen molar-refractivity contribution in [2.45, 2.75) is 32.7 Å². The number of hydrogen-bond acceptors (Lipinski definition) is 4. The van der Waals surface area contributed by atoms with Gasteiger partial charge in [0.1, 0.15) is 10.8 Å². The van der Waals surface area contributed by atoms with Crippen LogP contribution in [0.3, 0.4) is 0 Å². The highest BCUT2D eigenvalue weighted by Gasteiger charge is 2.19. The SMILES string of the molecule is Cc1nn(C)c(NC(C)CN2CCCC2)c1C(N)=S. The van der Waals surface area contributed by atoms with Gasteiger partial charge in [-0.2, -0.15) is 5.10 Å². The Hall–Kier alpha value is -1.14. The summed E-state index contributed by atoms with van der Waals surface area (Å²) in [6, 6.07) is 0.348. The predicted octanol–water partition coefficient (Wildman–Crippen LogP) is 1.26. The van der Waals surface area contributed by atoms with Crippen LogP contribution in [0, 0.1) is 6.92 Å². The molecule has 0 aliphatic carbocycles. The second kappa shape index (κ2) is 5.88. The maximum absolute atomic E-state index is 5.80. The number of rotatable bonds is 5. The summed E-state index contributed by atoms with van der Waals surface area (Å²) in [5.41, 5.74) is 7.54. The molecule has 5 nitrogen and oxygen atoms in total. The average molecular weight is 281 g/mol. The third-order valence-corrected chi connectivity index (χ3v) is 3.79. The van der Waals surface area contributed by atoms with Gasteiger partial charge >= 0.3 is 0 Å². The summed E-state index contributed by atoms with van der Waals surface area (Å²) in [6.07, 6.45) is 2.63. The van der Waals surface area contributed by atoms with E-state index in [9.17, 15) is 0 Å². The molecule has 106 valence electrons. The van der Waals surface area contributed by atoms with Crippen LogP contribution < -0.4 is 11.1 Å². The van der Waals surface area contributed by atoms with Crippen molar-refractivity contribution in [3.05, 3.63) is 11.3 Å². The zero-order valence-electron chi connectivity index (χ0n) is 11.9. The van der Waals surface area contributed by atoms with Crippen LogP contribution in [0.15, 0.2) is 0 Å². The molecule has 0 aromatic carbocycles.